The topological polar surface area (TPSA) is 47.6 Å². The molecule has 0 radical (unpaired) electrons. The largest absolute Gasteiger partial charge is 0.467 e. The maximum Gasteiger partial charge on any atom is 0.330 e. The average molecular weight is 287 g/mol. The first-order valence-electron chi connectivity index (χ1n) is 6.15. The quantitative estimate of drug-likeness (QED) is 0.641. The van der Waals surface area contributed by atoms with Crippen LogP contribution in [-0.4, -0.2) is 33.3 Å². The zero-order chi connectivity index (χ0) is 15.3. The molecule has 1 aromatic rings. The van der Waals surface area contributed by atoms with Crippen molar-refractivity contribution in [1.82, 2.24) is 5.32 Å². The van der Waals surface area contributed by atoms with Crippen molar-refractivity contribution in [1.29, 1.82) is 0 Å². The fraction of sp³-hybridized carbons (Fsp3) is 0.500. The van der Waals surface area contributed by atoms with Crippen LogP contribution in [0.5, 0.6) is 0 Å². The minimum Gasteiger partial charge on any atom is -0.467 e. The van der Waals surface area contributed by atoms with Gasteiger partial charge < -0.3 is 9.47 Å². The molecule has 0 aliphatic heterocycles. The summed E-state index contributed by atoms with van der Waals surface area (Å²) in [5.74, 6) is -1.94. The number of carbonyl (C=O) groups is 1. The van der Waals surface area contributed by atoms with E-state index >= 15 is 0 Å². The molecule has 0 aromatic heterocycles. The fourth-order valence-electron chi connectivity index (χ4n) is 1.91. The molecule has 0 aliphatic carbocycles. The highest BCUT2D eigenvalue weighted by Crippen LogP contribution is 2.27. The highest BCUT2D eigenvalue weighted by Gasteiger charge is 2.38. The lowest BCUT2D eigenvalue weighted by Gasteiger charge is -2.29. The molecule has 1 aromatic carbocycles. The summed E-state index contributed by atoms with van der Waals surface area (Å²) in [7, 11) is 2.70. The van der Waals surface area contributed by atoms with Crippen LogP contribution in [0.4, 0.5) is 8.78 Å². The molecule has 1 rings (SSSR count). The summed E-state index contributed by atoms with van der Waals surface area (Å²) in [5.41, 5.74) is -1.40. The van der Waals surface area contributed by atoms with Crippen molar-refractivity contribution in [3.63, 3.8) is 0 Å². The number of rotatable bonds is 6. The van der Waals surface area contributed by atoms with Gasteiger partial charge in [-0.25, -0.2) is 13.6 Å². The monoisotopic (exact) mass is 287 g/mol. The van der Waals surface area contributed by atoms with Crippen molar-refractivity contribution in [3.8, 4) is 0 Å². The van der Waals surface area contributed by atoms with Crippen molar-refractivity contribution in [2.75, 3.05) is 27.4 Å². The molecular weight excluding hydrogens is 268 g/mol. The van der Waals surface area contributed by atoms with E-state index in [0.717, 1.165) is 12.1 Å². The molecule has 1 N–H and O–H groups in total. The first-order chi connectivity index (χ1) is 9.36. The van der Waals surface area contributed by atoms with Gasteiger partial charge in [0.1, 0.15) is 17.2 Å². The minimum absolute atomic E-state index is 0.0939. The Balaban J connectivity index is 3.23. The van der Waals surface area contributed by atoms with Crippen LogP contribution >= 0.6 is 0 Å². The highest BCUT2D eigenvalue weighted by molar-refractivity contribution is 5.82. The predicted molar refractivity (Wildman–Crippen MR) is 70.3 cm³/mol. The number of hydrogen-bond acceptors (Lipinski definition) is 4. The molecule has 0 saturated heterocycles. The van der Waals surface area contributed by atoms with Crippen LogP contribution in [0.1, 0.15) is 18.1 Å². The van der Waals surface area contributed by atoms with Crippen LogP contribution in [0.15, 0.2) is 12.1 Å². The standard InChI is InChI=1S/C14H19F2NO3/c1-9-7-12(16)10(8-11(9)15)14(2,13(18)20-4)17-5-6-19-3/h7-8,17H,5-6H2,1-4H3. The minimum atomic E-state index is -1.48. The summed E-state index contributed by atoms with van der Waals surface area (Å²) in [4.78, 5) is 12.0. The summed E-state index contributed by atoms with van der Waals surface area (Å²) >= 11 is 0. The van der Waals surface area contributed by atoms with E-state index < -0.39 is 23.1 Å². The Morgan fingerprint density at radius 2 is 1.95 bits per heavy atom. The van der Waals surface area contributed by atoms with Crippen LogP contribution in [0.2, 0.25) is 0 Å². The van der Waals surface area contributed by atoms with E-state index in [0.29, 0.717) is 6.61 Å². The number of benzene rings is 1. The lowest BCUT2D eigenvalue weighted by atomic mass is 9.90. The first-order valence-corrected chi connectivity index (χ1v) is 6.15. The van der Waals surface area contributed by atoms with Crippen molar-refractivity contribution in [3.05, 3.63) is 34.9 Å². The smallest absolute Gasteiger partial charge is 0.330 e. The van der Waals surface area contributed by atoms with Crippen LogP contribution in [0.25, 0.3) is 0 Å². The molecule has 1 unspecified atom stereocenters. The number of esters is 1. The van der Waals surface area contributed by atoms with Gasteiger partial charge in [-0.2, -0.15) is 0 Å². The van der Waals surface area contributed by atoms with Crippen LogP contribution < -0.4 is 5.32 Å². The normalized spacial score (nSPS) is 13.9. The average Bonchev–Trinajstić information content (AvgIpc) is 2.41. The second-order valence-corrected chi connectivity index (χ2v) is 4.62. The number of aryl methyl sites for hydroxylation is 1. The zero-order valence-corrected chi connectivity index (χ0v) is 12.0. The number of halogens is 2. The second kappa shape index (κ2) is 6.76. The van der Waals surface area contributed by atoms with E-state index in [2.05, 4.69) is 5.32 Å². The third kappa shape index (κ3) is 3.32. The molecule has 20 heavy (non-hydrogen) atoms. The Labute approximate surface area is 117 Å². The Morgan fingerprint density at radius 3 is 2.50 bits per heavy atom. The van der Waals surface area contributed by atoms with E-state index in [1.54, 1.807) is 0 Å². The van der Waals surface area contributed by atoms with Crippen LogP contribution in [0, 0.1) is 18.6 Å². The van der Waals surface area contributed by atoms with Gasteiger partial charge in [-0.15, -0.1) is 0 Å². The summed E-state index contributed by atoms with van der Waals surface area (Å²) < 4.78 is 37.3. The summed E-state index contributed by atoms with van der Waals surface area (Å²) in [6, 6.07) is 2.07. The fourth-order valence-corrected chi connectivity index (χ4v) is 1.91. The van der Waals surface area contributed by atoms with Gasteiger partial charge >= 0.3 is 5.97 Å². The Hall–Kier alpha value is -1.53. The Morgan fingerprint density at radius 1 is 1.30 bits per heavy atom. The van der Waals surface area contributed by atoms with Gasteiger partial charge in [-0.1, -0.05) is 0 Å². The SMILES string of the molecule is COCCNC(C)(C(=O)OC)c1cc(F)c(C)cc1F. The molecule has 1 atom stereocenters. The number of methoxy groups -OCH3 is 2. The molecule has 0 amide bonds. The second-order valence-electron chi connectivity index (χ2n) is 4.62. The molecule has 0 heterocycles. The molecule has 0 spiro atoms. The maximum atomic E-state index is 14.1. The van der Waals surface area contributed by atoms with Gasteiger partial charge in [0.2, 0.25) is 0 Å². The lowest BCUT2D eigenvalue weighted by Crippen LogP contribution is -2.49. The summed E-state index contributed by atoms with van der Waals surface area (Å²) in [6.45, 7) is 3.51. The van der Waals surface area contributed by atoms with Gasteiger partial charge in [0, 0.05) is 19.2 Å². The molecule has 0 saturated carbocycles. The van der Waals surface area contributed by atoms with Crippen molar-refractivity contribution < 1.29 is 23.0 Å². The van der Waals surface area contributed by atoms with E-state index in [1.165, 1.54) is 28.1 Å². The van der Waals surface area contributed by atoms with Gasteiger partial charge in [0.15, 0.2) is 0 Å². The van der Waals surface area contributed by atoms with E-state index in [4.69, 9.17) is 9.47 Å². The number of hydrogen-bond donors (Lipinski definition) is 1. The summed E-state index contributed by atoms with van der Waals surface area (Å²) in [6.07, 6.45) is 0. The van der Waals surface area contributed by atoms with Gasteiger partial charge in [0.25, 0.3) is 0 Å². The van der Waals surface area contributed by atoms with E-state index in [9.17, 15) is 13.6 Å². The van der Waals surface area contributed by atoms with Crippen LogP contribution in [0.3, 0.4) is 0 Å². The number of nitrogens with one attached hydrogen (secondary N) is 1. The van der Waals surface area contributed by atoms with Crippen molar-refractivity contribution in [2.24, 2.45) is 0 Å². The third-order valence-electron chi connectivity index (χ3n) is 3.17. The van der Waals surface area contributed by atoms with Crippen molar-refractivity contribution in [2.45, 2.75) is 19.4 Å². The predicted octanol–water partition coefficient (Wildman–Crippen LogP) is 1.90. The number of carbonyl (C=O) groups excluding carboxylic acids is 1. The molecule has 0 aliphatic rings. The highest BCUT2D eigenvalue weighted by atomic mass is 19.1. The third-order valence-corrected chi connectivity index (χ3v) is 3.17. The maximum absolute atomic E-state index is 14.1. The van der Waals surface area contributed by atoms with Gasteiger partial charge in [-0.3, -0.25) is 5.32 Å². The van der Waals surface area contributed by atoms with E-state index in [1.807, 2.05) is 0 Å². The lowest BCUT2D eigenvalue weighted by molar-refractivity contribution is -0.148. The van der Waals surface area contributed by atoms with E-state index in [-0.39, 0.29) is 17.7 Å². The van der Waals surface area contributed by atoms with Gasteiger partial charge in [0.05, 0.1) is 13.7 Å². The van der Waals surface area contributed by atoms with Gasteiger partial charge in [-0.05, 0) is 31.5 Å². The summed E-state index contributed by atoms with van der Waals surface area (Å²) in [5, 5.41) is 2.85. The number of ether oxygens (including phenoxy) is 2. The van der Waals surface area contributed by atoms with Crippen LogP contribution in [-0.2, 0) is 19.8 Å². The Bertz CT molecular complexity index is 494. The Kier molecular flexibility index (Phi) is 5.59. The van der Waals surface area contributed by atoms with Crippen molar-refractivity contribution >= 4 is 5.97 Å². The molecule has 112 valence electrons. The molecule has 4 nitrogen and oxygen atoms in total. The molecular formula is C14H19F2NO3. The first kappa shape index (κ1) is 16.5. The molecule has 0 fully saturated rings. The zero-order valence-electron chi connectivity index (χ0n) is 12.0. The molecule has 0 bridgehead atoms. The molecule has 6 heteroatoms.